The van der Waals surface area contributed by atoms with Crippen LogP contribution in [0, 0.1) is 0 Å². The number of aromatic nitrogens is 1. The molecule has 3 N–H and O–H groups in total. The lowest BCUT2D eigenvalue weighted by molar-refractivity contribution is 0.0696. The van der Waals surface area contributed by atoms with Crippen LogP contribution in [0.5, 0.6) is 0 Å². The van der Waals surface area contributed by atoms with E-state index in [1.165, 1.54) is 12.3 Å². The highest BCUT2D eigenvalue weighted by Gasteiger charge is 2.12. The molecule has 2 rings (SSSR count). The second kappa shape index (κ2) is 4.84. The number of carboxylic acids is 1. The zero-order valence-electron chi connectivity index (χ0n) is 9.02. The normalized spacial score (nSPS) is 10.3. The molecule has 0 amide bonds. The molecule has 4 nitrogen and oxygen atoms in total. The number of nitrogen functional groups attached to an aromatic ring is 1. The van der Waals surface area contributed by atoms with Crippen molar-refractivity contribution in [2.45, 2.75) is 0 Å². The van der Waals surface area contributed by atoms with E-state index in [4.69, 9.17) is 34.0 Å². The fraction of sp³-hybridized carbons (Fsp3) is 0. The molecule has 0 spiro atoms. The number of hydrogen-bond donors (Lipinski definition) is 2. The van der Waals surface area contributed by atoms with Crippen molar-refractivity contribution in [3.05, 3.63) is 46.1 Å². The maximum atomic E-state index is 10.8. The van der Waals surface area contributed by atoms with Gasteiger partial charge in [0, 0.05) is 16.8 Å². The molecule has 0 fully saturated rings. The molecule has 0 saturated heterocycles. The molecule has 1 aromatic heterocycles. The minimum atomic E-state index is -1.09. The number of carbonyl (C=O) groups is 1. The van der Waals surface area contributed by atoms with Crippen LogP contribution >= 0.6 is 23.2 Å². The van der Waals surface area contributed by atoms with Crippen LogP contribution in [0.15, 0.2) is 30.5 Å². The van der Waals surface area contributed by atoms with Gasteiger partial charge < -0.3 is 10.8 Å². The lowest BCUT2D eigenvalue weighted by Gasteiger charge is -2.08. The number of pyridine rings is 1. The van der Waals surface area contributed by atoms with E-state index in [-0.39, 0.29) is 11.3 Å². The molecule has 0 unspecified atom stereocenters. The lowest BCUT2D eigenvalue weighted by Crippen LogP contribution is -2.01. The summed E-state index contributed by atoms with van der Waals surface area (Å²) in [6.45, 7) is 0. The minimum absolute atomic E-state index is 0.0226. The van der Waals surface area contributed by atoms with Crippen LogP contribution < -0.4 is 5.73 Å². The lowest BCUT2D eigenvalue weighted by atomic mass is 10.1. The van der Waals surface area contributed by atoms with Gasteiger partial charge in [0.05, 0.1) is 22.0 Å². The third kappa shape index (κ3) is 2.39. The number of nitrogens with zero attached hydrogens (tertiary/aromatic N) is 1. The van der Waals surface area contributed by atoms with Crippen LogP contribution in [-0.4, -0.2) is 16.1 Å². The van der Waals surface area contributed by atoms with Crippen LogP contribution in [0.25, 0.3) is 11.3 Å². The number of aromatic carboxylic acids is 1. The molecule has 1 heterocycles. The first-order chi connectivity index (χ1) is 8.49. The monoisotopic (exact) mass is 282 g/mol. The number of carboxylic acid groups (broad SMARTS) is 1. The van der Waals surface area contributed by atoms with Crippen LogP contribution in [0.3, 0.4) is 0 Å². The Balaban J connectivity index is 2.58. The van der Waals surface area contributed by atoms with Gasteiger partial charge in [-0.2, -0.15) is 0 Å². The average molecular weight is 283 g/mol. The average Bonchev–Trinajstić information content (AvgIpc) is 2.32. The SMILES string of the molecule is Nc1cc(C(=O)O)cnc1-c1cc(Cl)ccc1Cl. The third-order valence-electron chi connectivity index (χ3n) is 2.35. The highest BCUT2D eigenvalue weighted by Crippen LogP contribution is 2.32. The molecule has 0 bridgehead atoms. The van der Waals surface area contributed by atoms with Gasteiger partial charge in [-0.25, -0.2) is 4.79 Å². The van der Waals surface area contributed by atoms with Crippen LogP contribution in [0.1, 0.15) is 10.4 Å². The van der Waals surface area contributed by atoms with E-state index in [0.29, 0.717) is 21.3 Å². The smallest absolute Gasteiger partial charge is 0.337 e. The highest BCUT2D eigenvalue weighted by atomic mass is 35.5. The van der Waals surface area contributed by atoms with Gasteiger partial charge in [-0.3, -0.25) is 4.98 Å². The van der Waals surface area contributed by atoms with Gasteiger partial charge in [0.15, 0.2) is 0 Å². The second-order valence-electron chi connectivity index (χ2n) is 3.59. The van der Waals surface area contributed by atoms with E-state index in [1.807, 2.05) is 0 Å². The molecule has 0 aliphatic heterocycles. The number of rotatable bonds is 2. The summed E-state index contributed by atoms with van der Waals surface area (Å²) in [5, 5.41) is 9.77. The molecule has 0 aliphatic rings. The predicted octanol–water partition coefficient (Wildman–Crippen LogP) is 3.34. The maximum absolute atomic E-state index is 10.8. The van der Waals surface area contributed by atoms with Crippen molar-refractivity contribution < 1.29 is 9.90 Å². The fourth-order valence-electron chi connectivity index (χ4n) is 1.50. The van der Waals surface area contributed by atoms with Gasteiger partial charge in [-0.1, -0.05) is 23.2 Å². The Hall–Kier alpha value is -1.78. The molecular formula is C12H8Cl2N2O2. The van der Waals surface area contributed by atoms with Gasteiger partial charge in [0.2, 0.25) is 0 Å². The van der Waals surface area contributed by atoms with E-state index in [0.717, 1.165) is 0 Å². The molecule has 1 aromatic carbocycles. The minimum Gasteiger partial charge on any atom is -0.478 e. The van der Waals surface area contributed by atoms with Crippen molar-refractivity contribution in [2.24, 2.45) is 0 Å². The Morgan fingerprint density at radius 1 is 1.28 bits per heavy atom. The van der Waals surface area contributed by atoms with Crippen LogP contribution in [0.4, 0.5) is 5.69 Å². The van der Waals surface area contributed by atoms with Gasteiger partial charge in [-0.05, 0) is 24.3 Å². The molecule has 2 aromatic rings. The Morgan fingerprint density at radius 2 is 2.00 bits per heavy atom. The molecular weight excluding hydrogens is 275 g/mol. The largest absolute Gasteiger partial charge is 0.478 e. The van der Waals surface area contributed by atoms with Crippen molar-refractivity contribution in [2.75, 3.05) is 5.73 Å². The number of halogens is 2. The molecule has 0 aliphatic carbocycles. The predicted molar refractivity (Wildman–Crippen MR) is 71.1 cm³/mol. The van der Waals surface area contributed by atoms with E-state index >= 15 is 0 Å². The topological polar surface area (TPSA) is 76.2 Å². The first kappa shape index (κ1) is 12.7. The van der Waals surface area contributed by atoms with Gasteiger partial charge >= 0.3 is 5.97 Å². The zero-order chi connectivity index (χ0) is 13.3. The Labute approximate surface area is 113 Å². The summed E-state index contributed by atoms with van der Waals surface area (Å²) in [6.07, 6.45) is 1.23. The molecule has 6 heteroatoms. The second-order valence-corrected chi connectivity index (χ2v) is 4.43. The first-order valence-electron chi connectivity index (χ1n) is 4.93. The number of nitrogens with two attached hydrogens (primary N) is 1. The summed E-state index contributed by atoms with van der Waals surface area (Å²) in [5.41, 5.74) is 7.02. The summed E-state index contributed by atoms with van der Waals surface area (Å²) >= 11 is 11.9. The summed E-state index contributed by atoms with van der Waals surface area (Å²) in [6, 6.07) is 6.24. The molecule has 0 atom stereocenters. The summed E-state index contributed by atoms with van der Waals surface area (Å²) < 4.78 is 0. The quantitative estimate of drug-likeness (QED) is 0.886. The zero-order valence-corrected chi connectivity index (χ0v) is 10.5. The highest BCUT2D eigenvalue weighted by molar-refractivity contribution is 6.35. The van der Waals surface area contributed by atoms with Crippen molar-refractivity contribution in [1.29, 1.82) is 0 Å². The van der Waals surface area contributed by atoms with Crippen molar-refractivity contribution in [3.8, 4) is 11.3 Å². The molecule has 18 heavy (non-hydrogen) atoms. The van der Waals surface area contributed by atoms with Crippen molar-refractivity contribution in [3.63, 3.8) is 0 Å². The van der Waals surface area contributed by atoms with Crippen LogP contribution in [-0.2, 0) is 0 Å². The van der Waals surface area contributed by atoms with Crippen molar-refractivity contribution in [1.82, 2.24) is 4.98 Å². The summed E-state index contributed by atoms with van der Waals surface area (Å²) in [4.78, 5) is 14.8. The number of anilines is 1. The van der Waals surface area contributed by atoms with Crippen LogP contribution in [0.2, 0.25) is 10.0 Å². The molecule has 0 saturated carbocycles. The van der Waals surface area contributed by atoms with Gasteiger partial charge in [-0.15, -0.1) is 0 Å². The standard InChI is InChI=1S/C12H8Cl2N2O2/c13-7-1-2-9(14)8(4-7)11-10(15)3-6(5-16-11)12(17)18/h1-5H,15H2,(H,17,18). The third-order valence-corrected chi connectivity index (χ3v) is 2.91. The molecule has 92 valence electrons. The summed E-state index contributed by atoms with van der Waals surface area (Å²) in [7, 11) is 0. The Morgan fingerprint density at radius 3 is 2.61 bits per heavy atom. The fourth-order valence-corrected chi connectivity index (χ4v) is 1.88. The van der Waals surface area contributed by atoms with E-state index in [2.05, 4.69) is 4.98 Å². The van der Waals surface area contributed by atoms with Crippen molar-refractivity contribution >= 4 is 34.9 Å². The Bertz CT molecular complexity index is 629. The van der Waals surface area contributed by atoms with E-state index < -0.39 is 5.97 Å². The number of benzene rings is 1. The maximum Gasteiger partial charge on any atom is 0.337 e. The molecule has 0 radical (unpaired) electrons. The van der Waals surface area contributed by atoms with E-state index in [1.54, 1.807) is 18.2 Å². The van der Waals surface area contributed by atoms with E-state index in [9.17, 15) is 4.79 Å². The number of hydrogen-bond acceptors (Lipinski definition) is 3. The van der Waals surface area contributed by atoms with Gasteiger partial charge in [0.25, 0.3) is 0 Å². The van der Waals surface area contributed by atoms with Gasteiger partial charge in [0.1, 0.15) is 0 Å². The first-order valence-corrected chi connectivity index (χ1v) is 5.69. The summed E-state index contributed by atoms with van der Waals surface area (Å²) in [5.74, 6) is -1.09. The Kier molecular flexibility index (Phi) is 3.41.